The zero-order valence-electron chi connectivity index (χ0n) is 6.12. The monoisotopic (exact) mass is 166 g/mol. The maximum Gasteiger partial charge on any atom is 0.0604 e. The minimum absolute atomic E-state index is 0.155. The highest BCUT2D eigenvalue weighted by molar-refractivity contribution is 7.77. The highest BCUT2D eigenvalue weighted by atomic mass is 32.2. The summed E-state index contributed by atoms with van der Waals surface area (Å²) in [4.78, 5) is 0. The van der Waals surface area contributed by atoms with Gasteiger partial charge < -0.3 is 9.29 Å². The topological polar surface area (TPSA) is 61.4 Å². The number of rotatable bonds is 5. The summed E-state index contributed by atoms with van der Waals surface area (Å²) in [6.45, 7) is 4.56. The van der Waals surface area contributed by atoms with E-state index in [0.29, 0.717) is 13.2 Å². The van der Waals surface area contributed by atoms with Gasteiger partial charge in [-0.1, -0.05) is 0 Å². The van der Waals surface area contributed by atoms with Gasteiger partial charge in [0.25, 0.3) is 0 Å². The van der Waals surface area contributed by atoms with E-state index < -0.39 is 11.3 Å². The smallest absolute Gasteiger partial charge is 0.0604 e. The van der Waals surface area contributed by atoms with Crippen molar-refractivity contribution in [2.75, 3.05) is 13.2 Å². The summed E-state index contributed by atoms with van der Waals surface area (Å²) in [6.07, 6.45) is 0.155. The van der Waals surface area contributed by atoms with Crippen molar-refractivity contribution in [1.29, 1.82) is 0 Å². The first-order valence-corrected chi connectivity index (χ1v) is 4.15. The zero-order chi connectivity index (χ0) is 7.98. The molecular formula is C5H12NO3S-. The van der Waals surface area contributed by atoms with Gasteiger partial charge in [-0.3, -0.25) is 4.21 Å². The summed E-state index contributed by atoms with van der Waals surface area (Å²) in [5.41, 5.74) is 0. The molecule has 0 aliphatic rings. The Morgan fingerprint density at radius 3 is 2.70 bits per heavy atom. The van der Waals surface area contributed by atoms with E-state index >= 15 is 0 Å². The molecule has 62 valence electrons. The molecule has 0 radical (unpaired) electrons. The van der Waals surface area contributed by atoms with Gasteiger partial charge in [0.05, 0.1) is 12.7 Å². The fourth-order valence-electron chi connectivity index (χ4n) is 0.420. The van der Waals surface area contributed by atoms with E-state index in [2.05, 4.69) is 4.72 Å². The summed E-state index contributed by atoms with van der Waals surface area (Å²) in [5, 5.41) is 0. The van der Waals surface area contributed by atoms with Crippen LogP contribution in [0.25, 0.3) is 0 Å². The Morgan fingerprint density at radius 2 is 2.30 bits per heavy atom. The maximum atomic E-state index is 9.88. The molecule has 0 saturated carbocycles. The molecule has 4 nitrogen and oxygen atoms in total. The first-order valence-electron chi connectivity index (χ1n) is 3.07. The quantitative estimate of drug-likeness (QED) is 0.454. The van der Waals surface area contributed by atoms with E-state index in [4.69, 9.17) is 4.74 Å². The number of ether oxygens (including phenoxy) is 1. The molecule has 10 heavy (non-hydrogen) atoms. The van der Waals surface area contributed by atoms with E-state index in [1.807, 2.05) is 13.8 Å². The molecule has 1 unspecified atom stereocenters. The summed E-state index contributed by atoms with van der Waals surface area (Å²) in [6, 6.07) is 0. The SMILES string of the molecule is CC(C)OCCNS(=O)[O-]. The lowest BCUT2D eigenvalue weighted by Crippen LogP contribution is -2.22. The molecular weight excluding hydrogens is 154 g/mol. The molecule has 0 rings (SSSR count). The average molecular weight is 166 g/mol. The molecule has 0 aromatic rings. The van der Waals surface area contributed by atoms with Gasteiger partial charge >= 0.3 is 0 Å². The van der Waals surface area contributed by atoms with Crippen LogP contribution in [-0.2, 0) is 16.0 Å². The molecule has 0 fully saturated rings. The van der Waals surface area contributed by atoms with Crippen LogP contribution < -0.4 is 4.72 Å². The summed E-state index contributed by atoms with van der Waals surface area (Å²) < 4.78 is 27.0. The molecule has 0 bridgehead atoms. The summed E-state index contributed by atoms with van der Waals surface area (Å²) >= 11 is -2.16. The molecule has 1 N–H and O–H groups in total. The average Bonchev–Trinajstić information content (AvgIpc) is 1.79. The van der Waals surface area contributed by atoms with Crippen molar-refractivity contribution in [3.63, 3.8) is 0 Å². The fraction of sp³-hybridized carbons (Fsp3) is 1.00. The third-order valence-electron chi connectivity index (χ3n) is 0.773. The number of hydrogen-bond acceptors (Lipinski definition) is 3. The van der Waals surface area contributed by atoms with Crippen molar-refractivity contribution in [3.05, 3.63) is 0 Å². The van der Waals surface area contributed by atoms with Crippen LogP contribution in [-0.4, -0.2) is 28.0 Å². The van der Waals surface area contributed by atoms with Crippen LogP contribution in [0.2, 0.25) is 0 Å². The summed E-state index contributed by atoms with van der Waals surface area (Å²) in [7, 11) is 0. The molecule has 1 atom stereocenters. The van der Waals surface area contributed by atoms with E-state index in [1.54, 1.807) is 0 Å². The minimum atomic E-state index is -2.16. The Morgan fingerprint density at radius 1 is 1.70 bits per heavy atom. The number of nitrogens with one attached hydrogen (secondary N) is 1. The molecule has 0 heterocycles. The van der Waals surface area contributed by atoms with Crippen LogP contribution in [0.3, 0.4) is 0 Å². The van der Waals surface area contributed by atoms with Crippen LogP contribution >= 0.6 is 0 Å². The standard InChI is InChI=1S/C5H13NO3S/c1-5(2)9-4-3-6-10(7)8/h5-6H,3-4H2,1-2H3,(H,7,8)/p-1. The summed E-state index contributed by atoms with van der Waals surface area (Å²) in [5.74, 6) is 0. The lowest BCUT2D eigenvalue weighted by molar-refractivity contribution is 0.0833. The Hall–Kier alpha value is 0.0300. The minimum Gasteiger partial charge on any atom is -0.760 e. The first kappa shape index (κ1) is 10.0. The predicted molar refractivity (Wildman–Crippen MR) is 38.0 cm³/mol. The third kappa shape index (κ3) is 8.03. The largest absolute Gasteiger partial charge is 0.760 e. The molecule has 0 saturated heterocycles. The Bertz CT molecular complexity index is 107. The van der Waals surface area contributed by atoms with E-state index in [1.165, 1.54) is 0 Å². The van der Waals surface area contributed by atoms with E-state index in [0.717, 1.165) is 0 Å². The Balaban J connectivity index is 2.98. The molecule has 0 aliphatic carbocycles. The van der Waals surface area contributed by atoms with Gasteiger partial charge in [-0.2, -0.15) is 0 Å². The van der Waals surface area contributed by atoms with Gasteiger partial charge in [0, 0.05) is 17.8 Å². The maximum absolute atomic E-state index is 9.88. The lowest BCUT2D eigenvalue weighted by atomic mass is 10.5. The van der Waals surface area contributed by atoms with E-state index in [-0.39, 0.29) is 6.10 Å². The molecule has 0 aromatic heterocycles. The second kappa shape index (κ2) is 5.79. The van der Waals surface area contributed by atoms with Crippen LogP contribution in [0.15, 0.2) is 0 Å². The van der Waals surface area contributed by atoms with Gasteiger partial charge in [-0.15, -0.1) is 0 Å². The van der Waals surface area contributed by atoms with Crippen LogP contribution in [0.4, 0.5) is 0 Å². The Labute approximate surface area is 63.4 Å². The van der Waals surface area contributed by atoms with Gasteiger partial charge in [0.2, 0.25) is 0 Å². The van der Waals surface area contributed by atoms with Crippen molar-refractivity contribution < 1.29 is 13.5 Å². The third-order valence-corrected chi connectivity index (χ3v) is 1.21. The Kier molecular flexibility index (Phi) is 5.81. The zero-order valence-corrected chi connectivity index (χ0v) is 6.94. The van der Waals surface area contributed by atoms with Gasteiger partial charge in [-0.05, 0) is 13.8 Å². The molecule has 0 aromatic carbocycles. The van der Waals surface area contributed by atoms with Crippen LogP contribution in [0, 0.1) is 0 Å². The van der Waals surface area contributed by atoms with Gasteiger partial charge in [0.15, 0.2) is 0 Å². The van der Waals surface area contributed by atoms with Crippen molar-refractivity contribution in [1.82, 2.24) is 4.72 Å². The van der Waals surface area contributed by atoms with Gasteiger partial charge in [-0.25, -0.2) is 4.72 Å². The lowest BCUT2D eigenvalue weighted by Gasteiger charge is -2.09. The highest BCUT2D eigenvalue weighted by Gasteiger charge is 1.90. The van der Waals surface area contributed by atoms with Gasteiger partial charge in [0.1, 0.15) is 0 Å². The van der Waals surface area contributed by atoms with Crippen molar-refractivity contribution >= 4 is 11.3 Å². The first-order chi connectivity index (χ1) is 4.63. The predicted octanol–water partition coefficient (Wildman–Crippen LogP) is -0.205. The highest BCUT2D eigenvalue weighted by Crippen LogP contribution is 1.84. The van der Waals surface area contributed by atoms with Crippen molar-refractivity contribution in [2.45, 2.75) is 20.0 Å². The second-order valence-corrected chi connectivity index (χ2v) is 2.81. The fourth-order valence-corrected chi connectivity index (χ4v) is 0.670. The molecule has 0 amide bonds. The molecule has 0 spiro atoms. The number of hydrogen-bond donors (Lipinski definition) is 1. The normalized spacial score (nSPS) is 14.0. The van der Waals surface area contributed by atoms with Crippen molar-refractivity contribution in [3.8, 4) is 0 Å². The molecule has 0 aliphatic heterocycles. The van der Waals surface area contributed by atoms with Crippen LogP contribution in [0.1, 0.15) is 13.8 Å². The second-order valence-electron chi connectivity index (χ2n) is 2.05. The van der Waals surface area contributed by atoms with E-state index in [9.17, 15) is 8.76 Å². The van der Waals surface area contributed by atoms with Crippen LogP contribution in [0.5, 0.6) is 0 Å². The molecule has 5 heteroatoms. The van der Waals surface area contributed by atoms with Crippen molar-refractivity contribution in [2.24, 2.45) is 0 Å².